The fraction of sp³-hybridized carbons (Fsp3) is 0.875. The third-order valence-corrected chi connectivity index (χ3v) is 2.56. The van der Waals surface area contributed by atoms with Gasteiger partial charge in [-0.05, 0) is 30.5 Å². The highest BCUT2D eigenvalue weighted by molar-refractivity contribution is 7.78. The lowest BCUT2D eigenvalue weighted by atomic mass is 9.99. The first-order chi connectivity index (χ1) is 4.84. The molecule has 0 heterocycles. The number of rotatable bonds is 2. The summed E-state index contributed by atoms with van der Waals surface area (Å²) in [7, 11) is 0. The van der Waals surface area contributed by atoms with Crippen LogP contribution in [0.15, 0.2) is 4.99 Å². The van der Waals surface area contributed by atoms with Crippen LogP contribution in [0.4, 0.5) is 0 Å². The Kier molecular flexibility index (Phi) is 3.04. The van der Waals surface area contributed by atoms with Gasteiger partial charge in [0.15, 0.2) is 0 Å². The summed E-state index contributed by atoms with van der Waals surface area (Å²) in [6.07, 6.45) is 4.08. The van der Waals surface area contributed by atoms with Crippen LogP contribution in [0, 0.1) is 11.8 Å². The van der Waals surface area contributed by atoms with Crippen molar-refractivity contribution in [3.05, 3.63) is 0 Å². The predicted molar refractivity (Wildman–Crippen MR) is 46.4 cm³/mol. The van der Waals surface area contributed by atoms with Crippen LogP contribution in [0.1, 0.15) is 26.2 Å². The predicted octanol–water partition coefficient (Wildman–Crippen LogP) is 2.53. The molecule has 0 bridgehead atoms. The molecule has 0 amide bonds. The van der Waals surface area contributed by atoms with Gasteiger partial charge in [-0.3, -0.25) is 0 Å². The van der Waals surface area contributed by atoms with Crippen LogP contribution in [0.2, 0.25) is 0 Å². The summed E-state index contributed by atoms with van der Waals surface area (Å²) in [6, 6.07) is 0. The lowest BCUT2D eigenvalue weighted by Crippen LogP contribution is -2.06. The van der Waals surface area contributed by atoms with Gasteiger partial charge in [-0.1, -0.05) is 19.8 Å². The molecule has 0 radical (unpaired) electrons. The number of isothiocyanates is 1. The summed E-state index contributed by atoms with van der Waals surface area (Å²) in [5.74, 6) is 1.64. The van der Waals surface area contributed by atoms with Crippen LogP contribution in [0.25, 0.3) is 0 Å². The van der Waals surface area contributed by atoms with E-state index in [4.69, 9.17) is 0 Å². The van der Waals surface area contributed by atoms with Crippen LogP contribution in [-0.4, -0.2) is 11.7 Å². The monoisotopic (exact) mass is 155 g/mol. The van der Waals surface area contributed by atoms with E-state index in [2.05, 4.69) is 29.3 Å². The maximum Gasteiger partial charge on any atom is 0.0585 e. The smallest absolute Gasteiger partial charge is 0.0585 e. The minimum Gasteiger partial charge on any atom is -0.232 e. The van der Waals surface area contributed by atoms with E-state index in [1.165, 1.54) is 19.3 Å². The van der Waals surface area contributed by atoms with Crippen molar-refractivity contribution in [1.82, 2.24) is 0 Å². The lowest BCUT2D eigenvalue weighted by Gasteiger charge is -2.09. The van der Waals surface area contributed by atoms with E-state index in [1.807, 2.05) is 0 Å². The Morgan fingerprint density at radius 2 is 2.40 bits per heavy atom. The Morgan fingerprint density at radius 3 is 2.90 bits per heavy atom. The van der Waals surface area contributed by atoms with Crippen LogP contribution >= 0.6 is 12.2 Å². The van der Waals surface area contributed by atoms with Crippen molar-refractivity contribution < 1.29 is 0 Å². The molecule has 1 rings (SSSR count). The molecular weight excluding hydrogens is 142 g/mol. The molecule has 1 nitrogen and oxygen atoms in total. The largest absolute Gasteiger partial charge is 0.232 e. The molecule has 2 heteroatoms. The highest BCUT2D eigenvalue weighted by atomic mass is 32.1. The molecule has 0 aromatic heterocycles. The van der Waals surface area contributed by atoms with E-state index in [1.54, 1.807) is 0 Å². The first-order valence-corrected chi connectivity index (χ1v) is 4.29. The molecule has 2 unspecified atom stereocenters. The minimum absolute atomic E-state index is 0.787. The van der Waals surface area contributed by atoms with Crippen molar-refractivity contribution in [2.75, 3.05) is 6.54 Å². The topological polar surface area (TPSA) is 12.4 Å². The van der Waals surface area contributed by atoms with Crippen molar-refractivity contribution >= 4 is 17.4 Å². The Labute approximate surface area is 67.5 Å². The minimum atomic E-state index is 0.787. The lowest BCUT2D eigenvalue weighted by molar-refractivity contribution is 0.431. The van der Waals surface area contributed by atoms with E-state index in [9.17, 15) is 0 Å². The van der Waals surface area contributed by atoms with E-state index in [0.717, 1.165) is 18.4 Å². The van der Waals surface area contributed by atoms with Crippen molar-refractivity contribution in [2.24, 2.45) is 16.8 Å². The molecule has 56 valence electrons. The van der Waals surface area contributed by atoms with Gasteiger partial charge in [0.05, 0.1) is 11.7 Å². The van der Waals surface area contributed by atoms with Gasteiger partial charge in [0.2, 0.25) is 0 Å². The summed E-state index contributed by atoms with van der Waals surface area (Å²) in [6.45, 7) is 3.21. The highest BCUT2D eigenvalue weighted by Gasteiger charge is 2.22. The summed E-state index contributed by atoms with van der Waals surface area (Å²) in [4.78, 5) is 3.97. The fourth-order valence-corrected chi connectivity index (χ4v) is 1.72. The Hall–Kier alpha value is -0.200. The second-order valence-corrected chi connectivity index (χ2v) is 3.28. The fourth-order valence-electron chi connectivity index (χ4n) is 1.65. The van der Waals surface area contributed by atoms with Crippen LogP contribution in [0.3, 0.4) is 0 Å². The highest BCUT2D eigenvalue weighted by Crippen LogP contribution is 2.30. The standard InChI is InChI=1S/C8H13NS/c1-7-3-2-4-8(7)5-9-6-10/h7-8H,2-5H2,1H3. The van der Waals surface area contributed by atoms with Gasteiger partial charge in [0.25, 0.3) is 0 Å². The van der Waals surface area contributed by atoms with Gasteiger partial charge in [-0.25, -0.2) is 4.99 Å². The second-order valence-electron chi connectivity index (χ2n) is 3.10. The molecule has 1 saturated carbocycles. The molecular formula is C8H13NS. The zero-order valence-electron chi connectivity index (χ0n) is 6.34. The molecule has 10 heavy (non-hydrogen) atoms. The zero-order valence-corrected chi connectivity index (χ0v) is 7.16. The first-order valence-electron chi connectivity index (χ1n) is 3.88. The summed E-state index contributed by atoms with van der Waals surface area (Å²) in [5, 5.41) is 2.42. The van der Waals surface area contributed by atoms with Gasteiger partial charge < -0.3 is 0 Å². The van der Waals surface area contributed by atoms with E-state index < -0.39 is 0 Å². The van der Waals surface area contributed by atoms with Gasteiger partial charge >= 0.3 is 0 Å². The summed E-state index contributed by atoms with van der Waals surface area (Å²) in [5.41, 5.74) is 0. The maximum absolute atomic E-state index is 4.51. The third-order valence-electron chi connectivity index (χ3n) is 2.43. The number of hydrogen-bond donors (Lipinski definition) is 0. The summed E-state index contributed by atoms with van der Waals surface area (Å²) >= 11 is 4.51. The summed E-state index contributed by atoms with van der Waals surface area (Å²) < 4.78 is 0. The molecule has 1 aliphatic carbocycles. The maximum atomic E-state index is 4.51. The van der Waals surface area contributed by atoms with Crippen LogP contribution in [0.5, 0.6) is 0 Å². The quantitative estimate of drug-likeness (QED) is 0.441. The van der Waals surface area contributed by atoms with Crippen LogP contribution in [-0.2, 0) is 0 Å². The molecule has 0 N–H and O–H groups in total. The van der Waals surface area contributed by atoms with Crippen LogP contribution < -0.4 is 0 Å². The average Bonchev–Trinajstić information content (AvgIpc) is 2.31. The average molecular weight is 155 g/mol. The molecule has 0 saturated heterocycles. The van der Waals surface area contributed by atoms with E-state index >= 15 is 0 Å². The molecule has 0 aromatic rings. The van der Waals surface area contributed by atoms with Crippen molar-refractivity contribution in [3.8, 4) is 0 Å². The Bertz CT molecular complexity index is 149. The Balaban J connectivity index is 2.32. The number of aliphatic imine (C=N–C) groups is 1. The number of nitrogens with zero attached hydrogens (tertiary/aromatic N) is 1. The molecule has 0 spiro atoms. The van der Waals surface area contributed by atoms with Crippen molar-refractivity contribution in [2.45, 2.75) is 26.2 Å². The van der Waals surface area contributed by atoms with Gasteiger partial charge in [0.1, 0.15) is 0 Å². The molecule has 1 aliphatic rings. The second kappa shape index (κ2) is 3.85. The van der Waals surface area contributed by atoms with Gasteiger partial charge in [-0.2, -0.15) is 0 Å². The molecule has 1 fully saturated rings. The number of thiocarbonyl (C=S) groups is 1. The normalized spacial score (nSPS) is 31.7. The third kappa shape index (κ3) is 1.89. The molecule has 0 aromatic carbocycles. The van der Waals surface area contributed by atoms with Gasteiger partial charge in [-0.15, -0.1) is 0 Å². The first kappa shape index (κ1) is 7.90. The van der Waals surface area contributed by atoms with E-state index in [0.29, 0.717) is 0 Å². The van der Waals surface area contributed by atoms with Gasteiger partial charge in [0, 0.05) is 0 Å². The Morgan fingerprint density at radius 1 is 1.60 bits per heavy atom. The van der Waals surface area contributed by atoms with Crippen molar-refractivity contribution in [1.29, 1.82) is 0 Å². The zero-order chi connectivity index (χ0) is 7.40. The van der Waals surface area contributed by atoms with Crippen molar-refractivity contribution in [3.63, 3.8) is 0 Å². The molecule has 2 atom stereocenters. The number of hydrogen-bond acceptors (Lipinski definition) is 2. The SMILES string of the molecule is CC1CCCC1CN=C=S. The molecule has 0 aliphatic heterocycles. The van der Waals surface area contributed by atoms with E-state index in [-0.39, 0.29) is 0 Å².